The fraction of sp³-hybridized carbons (Fsp3) is 0.176. The Morgan fingerprint density at radius 3 is 2.10 bits per heavy atom. The van der Waals surface area contributed by atoms with Crippen LogP contribution < -0.4 is 9.47 Å². The van der Waals surface area contributed by atoms with Crippen LogP contribution in [0, 0.1) is 6.92 Å². The third-order valence-corrected chi connectivity index (χ3v) is 6.66. The first-order chi connectivity index (χ1) is 19.5. The molecule has 0 amide bonds. The SMILES string of the molecule is Cc1oc(-c2ccccc2)nc1CCOc1ccc(CCC(=O)O)c(COc2ccc(-c3ccccc3)cc2)c1. The minimum Gasteiger partial charge on any atom is -0.493 e. The third-order valence-electron chi connectivity index (χ3n) is 6.66. The molecule has 0 aliphatic rings. The highest BCUT2D eigenvalue weighted by molar-refractivity contribution is 5.67. The Labute approximate surface area is 233 Å². The Morgan fingerprint density at radius 2 is 1.40 bits per heavy atom. The van der Waals surface area contributed by atoms with E-state index in [1.165, 1.54) is 0 Å². The van der Waals surface area contributed by atoms with Crippen LogP contribution in [0.15, 0.2) is 108 Å². The number of aliphatic carboxylic acids is 1. The van der Waals surface area contributed by atoms with Crippen LogP contribution in [-0.2, 0) is 24.2 Å². The molecule has 0 radical (unpaired) electrons. The monoisotopic (exact) mass is 533 g/mol. The maximum absolute atomic E-state index is 11.2. The fourth-order valence-electron chi connectivity index (χ4n) is 4.48. The second-order valence-electron chi connectivity index (χ2n) is 9.49. The average Bonchev–Trinajstić information content (AvgIpc) is 3.36. The molecule has 0 bridgehead atoms. The van der Waals surface area contributed by atoms with E-state index in [2.05, 4.69) is 17.1 Å². The van der Waals surface area contributed by atoms with Gasteiger partial charge in [-0.05, 0) is 72.0 Å². The minimum atomic E-state index is -0.832. The highest BCUT2D eigenvalue weighted by Gasteiger charge is 2.13. The van der Waals surface area contributed by atoms with Crippen LogP contribution >= 0.6 is 0 Å². The summed E-state index contributed by atoms with van der Waals surface area (Å²) >= 11 is 0. The van der Waals surface area contributed by atoms with Gasteiger partial charge >= 0.3 is 5.97 Å². The summed E-state index contributed by atoms with van der Waals surface area (Å²) in [4.78, 5) is 15.9. The predicted molar refractivity (Wildman–Crippen MR) is 154 cm³/mol. The van der Waals surface area contributed by atoms with Gasteiger partial charge in [0.15, 0.2) is 0 Å². The van der Waals surface area contributed by atoms with Crippen molar-refractivity contribution in [3.8, 4) is 34.1 Å². The number of carboxylic acid groups (broad SMARTS) is 1. The van der Waals surface area contributed by atoms with E-state index < -0.39 is 5.97 Å². The van der Waals surface area contributed by atoms with Crippen molar-refractivity contribution in [2.75, 3.05) is 6.61 Å². The van der Waals surface area contributed by atoms with Crippen molar-refractivity contribution in [1.82, 2.24) is 4.98 Å². The lowest BCUT2D eigenvalue weighted by Crippen LogP contribution is -2.06. The molecule has 0 saturated carbocycles. The number of nitrogens with zero attached hydrogens (tertiary/aromatic N) is 1. The summed E-state index contributed by atoms with van der Waals surface area (Å²) < 4.78 is 18.0. The van der Waals surface area contributed by atoms with Crippen LogP contribution in [0.25, 0.3) is 22.6 Å². The van der Waals surface area contributed by atoms with Gasteiger partial charge in [0, 0.05) is 18.4 Å². The van der Waals surface area contributed by atoms with Gasteiger partial charge in [-0.15, -0.1) is 0 Å². The largest absolute Gasteiger partial charge is 0.493 e. The number of carboxylic acids is 1. The topological polar surface area (TPSA) is 81.8 Å². The molecule has 6 heteroatoms. The quantitative estimate of drug-likeness (QED) is 0.178. The molecule has 1 heterocycles. The summed E-state index contributed by atoms with van der Waals surface area (Å²) in [5.41, 5.74) is 5.88. The van der Waals surface area contributed by atoms with Crippen LogP contribution in [0.1, 0.15) is 29.0 Å². The molecular formula is C34H31NO5. The van der Waals surface area contributed by atoms with Crippen molar-refractivity contribution in [2.45, 2.75) is 32.8 Å². The van der Waals surface area contributed by atoms with E-state index in [1.807, 2.05) is 97.9 Å². The van der Waals surface area contributed by atoms with E-state index in [0.717, 1.165) is 45.0 Å². The van der Waals surface area contributed by atoms with Gasteiger partial charge in [0.05, 0.1) is 12.3 Å². The van der Waals surface area contributed by atoms with Gasteiger partial charge < -0.3 is 19.0 Å². The Kier molecular flexibility index (Phi) is 8.57. The Morgan fingerprint density at radius 1 is 0.750 bits per heavy atom. The second-order valence-corrected chi connectivity index (χ2v) is 9.49. The van der Waals surface area contributed by atoms with Crippen LogP contribution in [-0.4, -0.2) is 22.7 Å². The van der Waals surface area contributed by atoms with Gasteiger partial charge in [0.25, 0.3) is 0 Å². The Bertz CT molecular complexity index is 1540. The maximum atomic E-state index is 11.2. The smallest absolute Gasteiger partial charge is 0.303 e. The van der Waals surface area contributed by atoms with Crippen LogP contribution in [0.3, 0.4) is 0 Å². The van der Waals surface area contributed by atoms with Crippen molar-refractivity contribution in [3.63, 3.8) is 0 Å². The lowest BCUT2D eigenvalue weighted by Gasteiger charge is -2.14. The molecule has 0 spiro atoms. The standard InChI is InChI=1S/C34H31NO5/c1-24-32(35-34(40-24)28-10-6-3-7-11-28)20-21-38-31-18-14-27(15-19-33(36)37)29(22-31)23-39-30-16-12-26(13-17-30)25-8-4-2-5-9-25/h2-14,16-18,22H,15,19-21,23H2,1H3,(H,36,37). The third kappa shape index (κ3) is 6.97. The summed E-state index contributed by atoms with van der Waals surface area (Å²) in [5.74, 6) is 1.99. The van der Waals surface area contributed by atoms with E-state index in [0.29, 0.717) is 37.7 Å². The molecule has 0 unspecified atom stereocenters. The molecule has 0 atom stereocenters. The van der Waals surface area contributed by atoms with Gasteiger partial charge in [-0.3, -0.25) is 4.79 Å². The zero-order chi connectivity index (χ0) is 27.7. The van der Waals surface area contributed by atoms with E-state index in [-0.39, 0.29) is 6.42 Å². The molecule has 40 heavy (non-hydrogen) atoms. The summed E-state index contributed by atoms with van der Waals surface area (Å²) in [6.45, 7) is 2.64. The number of rotatable bonds is 12. The van der Waals surface area contributed by atoms with Gasteiger partial charge in [0.2, 0.25) is 5.89 Å². The highest BCUT2D eigenvalue weighted by atomic mass is 16.5. The lowest BCUT2D eigenvalue weighted by molar-refractivity contribution is -0.136. The first-order valence-corrected chi connectivity index (χ1v) is 13.3. The molecule has 5 rings (SSSR count). The highest BCUT2D eigenvalue weighted by Crippen LogP contribution is 2.26. The van der Waals surface area contributed by atoms with Crippen LogP contribution in [0.5, 0.6) is 11.5 Å². The minimum absolute atomic E-state index is 0.0498. The summed E-state index contributed by atoms with van der Waals surface area (Å²) in [6.07, 6.45) is 1.07. The zero-order valence-corrected chi connectivity index (χ0v) is 22.4. The Hall–Kier alpha value is -4.84. The number of aryl methyl sites for hydroxylation is 2. The molecule has 4 aromatic carbocycles. The molecule has 1 aromatic heterocycles. The van der Waals surface area contributed by atoms with Gasteiger partial charge in [-0.25, -0.2) is 4.98 Å². The van der Waals surface area contributed by atoms with Crippen molar-refractivity contribution in [3.05, 3.63) is 126 Å². The first kappa shape index (κ1) is 26.8. The molecule has 202 valence electrons. The fourth-order valence-corrected chi connectivity index (χ4v) is 4.48. The molecule has 5 aromatic rings. The summed E-state index contributed by atoms with van der Waals surface area (Å²) in [5, 5.41) is 9.20. The van der Waals surface area contributed by atoms with Crippen LogP contribution in [0.2, 0.25) is 0 Å². The van der Waals surface area contributed by atoms with Crippen molar-refractivity contribution < 1.29 is 23.8 Å². The number of benzene rings is 4. The number of hydrogen-bond acceptors (Lipinski definition) is 5. The molecule has 0 aliphatic heterocycles. The average molecular weight is 534 g/mol. The normalized spacial score (nSPS) is 10.8. The van der Waals surface area contributed by atoms with E-state index in [9.17, 15) is 9.90 Å². The number of ether oxygens (including phenoxy) is 2. The zero-order valence-electron chi connectivity index (χ0n) is 22.4. The molecule has 0 saturated heterocycles. The van der Waals surface area contributed by atoms with Crippen molar-refractivity contribution in [1.29, 1.82) is 0 Å². The molecule has 0 fully saturated rings. The second kappa shape index (κ2) is 12.8. The molecular weight excluding hydrogens is 502 g/mol. The number of hydrogen-bond donors (Lipinski definition) is 1. The predicted octanol–water partition coefficient (Wildman–Crippen LogP) is 7.53. The summed E-state index contributed by atoms with van der Waals surface area (Å²) in [7, 11) is 0. The van der Waals surface area contributed by atoms with Crippen LogP contribution in [0.4, 0.5) is 0 Å². The molecule has 6 nitrogen and oxygen atoms in total. The van der Waals surface area contributed by atoms with Gasteiger partial charge in [-0.1, -0.05) is 66.7 Å². The van der Waals surface area contributed by atoms with E-state index >= 15 is 0 Å². The molecule has 1 N–H and O–H groups in total. The summed E-state index contributed by atoms with van der Waals surface area (Å²) in [6, 6.07) is 33.7. The Balaban J connectivity index is 1.24. The molecule has 0 aliphatic carbocycles. The van der Waals surface area contributed by atoms with E-state index in [1.54, 1.807) is 0 Å². The number of carbonyl (C=O) groups is 1. The lowest BCUT2D eigenvalue weighted by atomic mass is 10.0. The first-order valence-electron chi connectivity index (χ1n) is 13.3. The number of oxazole rings is 1. The van der Waals surface area contributed by atoms with Gasteiger partial charge in [-0.2, -0.15) is 0 Å². The maximum Gasteiger partial charge on any atom is 0.303 e. The van der Waals surface area contributed by atoms with E-state index in [4.69, 9.17) is 13.9 Å². The van der Waals surface area contributed by atoms with Crippen molar-refractivity contribution >= 4 is 5.97 Å². The number of aromatic nitrogens is 1. The van der Waals surface area contributed by atoms with Crippen molar-refractivity contribution in [2.24, 2.45) is 0 Å². The van der Waals surface area contributed by atoms with Gasteiger partial charge in [0.1, 0.15) is 23.9 Å².